The van der Waals surface area contributed by atoms with Gasteiger partial charge in [-0.25, -0.2) is 0 Å². The highest BCUT2D eigenvalue weighted by Gasteiger charge is 2.12. The van der Waals surface area contributed by atoms with Gasteiger partial charge in [0.15, 0.2) is 0 Å². The Labute approximate surface area is 116 Å². The van der Waals surface area contributed by atoms with E-state index < -0.39 is 0 Å². The molecule has 0 saturated heterocycles. The van der Waals surface area contributed by atoms with Gasteiger partial charge in [0.05, 0.1) is 0 Å². The number of anilines is 1. The summed E-state index contributed by atoms with van der Waals surface area (Å²) < 4.78 is 0. The van der Waals surface area contributed by atoms with E-state index in [1.165, 1.54) is 33.5 Å². The monoisotopic (exact) mass is 253 g/mol. The molecule has 0 aliphatic heterocycles. The van der Waals surface area contributed by atoms with Gasteiger partial charge in [0, 0.05) is 19.8 Å². The number of hydrogen-bond donors (Lipinski definition) is 0. The topological polar surface area (TPSA) is 3.24 Å². The Balaban J connectivity index is 2.49. The molecule has 0 N–H and O–H groups in total. The number of aryl methyl sites for hydroxylation is 2. The highest BCUT2D eigenvalue weighted by Crippen LogP contribution is 2.30. The molecule has 0 aliphatic rings. The van der Waals surface area contributed by atoms with Crippen molar-refractivity contribution in [1.82, 2.24) is 0 Å². The van der Waals surface area contributed by atoms with Crippen LogP contribution in [-0.2, 0) is 6.42 Å². The third kappa shape index (κ3) is 2.81. The van der Waals surface area contributed by atoms with Crippen LogP contribution in [0.5, 0.6) is 0 Å². The zero-order chi connectivity index (χ0) is 14.0. The molecule has 0 unspecified atom stereocenters. The van der Waals surface area contributed by atoms with Crippen LogP contribution in [-0.4, -0.2) is 14.1 Å². The van der Waals surface area contributed by atoms with E-state index in [9.17, 15) is 0 Å². The molecule has 2 aromatic rings. The summed E-state index contributed by atoms with van der Waals surface area (Å²) in [6.45, 7) is 6.66. The number of nitrogens with zero attached hydrogens (tertiary/aromatic N) is 1. The van der Waals surface area contributed by atoms with Crippen molar-refractivity contribution in [1.29, 1.82) is 0 Å². The maximum absolute atomic E-state index is 2.31. The van der Waals surface area contributed by atoms with E-state index in [0.717, 1.165) is 6.42 Å². The molecule has 0 atom stereocenters. The molecule has 0 heterocycles. The van der Waals surface area contributed by atoms with Crippen molar-refractivity contribution in [2.24, 2.45) is 0 Å². The van der Waals surface area contributed by atoms with Gasteiger partial charge in [0.2, 0.25) is 0 Å². The molecule has 0 aromatic heterocycles. The highest BCUT2D eigenvalue weighted by molar-refractivity contribution is 5.63. The summed E-state index contributed by atoms with van der Waals surface area (Å²) >= 11 is 0. The Morgan fingerprint density at radius 2 is 1.53 bits per heavy atom. The number of hydrogen-bond acceptors (Lipinski definition) is 1. The SMILES string of the molecule is Cc1cc(C)c(N(C)C)c(C)c1Cc1ccccc1. The van der Waals surface area contributed by atoms with Crippen LogP contribution < -0.4 is 4.90 Å². The Hall–Kier alpha value is -1.76. The van der Waals surface area contributed by atoms with Crippen molar-refractivity contribution >= 4 is 5.69 Å². The Morgan fingerprint density at radius 1 is 0.895 bits per heavy atom. The second kappa shape index (κ2) is 5.48. The van der Waals surface area contributed by atoms with Gasteiger partial charge in [-0.3, -0.25) is 0 Å². The minimum Gasteiger partial charge on any atom is -0.377 e. The zero-order valence-electron chi connectivity index (χ0n) is 12.6. The standard InChI is InChI=1S/C18H23N/c1-13-11-14(2)18(19(4)5)15(3)17(13)12-16-9-7-6-8-10-16/h6-11H,12H2,1-5H3. The molecule has 2 rings (SSSR count). The summed E-state index contributed by atoms with van der Waals surface area (Å²) in [5, 5.41) is 0. The molecule has 0 bridgehead atoms. The summed E-state index contributed by atoms with van der Waals surface area (Å²) in [5.74, 6) is 0. The summed E-state index contributed by atoms with van der Waals surface area (Å²) in [4.78, 5) is 2.22. The van der Waals surface area contributed by atoms with Crippen LogP contribution in [0.15, 0.2) is 36.4 Å². The van der Waals surface area contributed by atoms with Crippen molar-refractivity contribution in [3.05, 3.63) is 64.2 Å². The maximum atomic E-state index is 2.31. The van der Waals surface area contributed by atoms with Gasteiger partial charge in [-0.1, -0.05) is 36.4 Å². The predicted octanol–water partition coefficient (Wildman–Crippen LogP) is 4.27. The van der Waals surface area contributed by atoms with Crippen LogP contribution >= 0.6 is 0 Å². The molecule has 0 amide bonds. The average molecular weight is 253 g/mol. The summed E-state index contributed by atoms with van der Waals surface area (Å²) in [6.07, 6.45) is 1.01. The maximum Gasteiger partial charge on any atom is 0.0423 e. The van der Waals surface area contributed by atoms with Crippen LogP contribution in [0.25, 0.3) is 0 Å². The van der Waals surface area contributed by atoms with Gasteiger partial charge in [-0.15, -0.1) is 0 Å². The smallest absolute Gasteiger partial charge is 0.0423 e. The van der Waals surface area contributed by atoms with E-state index in [2.05, 4.69) is 76.2 Å². The molecular weight excluding hydrogens is 230 g/mol. The first-order valence-corrected chi connectivity index (χ1v) is 6.81. The van der Waals surface area contributed by atoms with Crippen molar-refractivity contribution in [3.63, 3.8) is 0 Å². The van der Waals surface area contributed by atoms with Gasteiger partial charge in [-0.05, 0) is 55.0 Å². The summed E-state index contributed by atoms with van der Waals surface area (Å²) in [5.41, 5.74) is 8.35. The van der Waals surface area contributed by atoms with E-state index in [1.807, 2.05) is 0 Å². The normalized spacial score (nSPS) is 10.6. The van der Waals surface area contributed by atoms with Crippen molar-refractivity contribution in [3.8, 4) is 0 Å². The van der Waals surface area contributed by atoms with Crippen molar-refractivity contribution in [2.45, 2.75) is 27.2 Å². The van der Waals surface area contributed by atoms with E-state index in [-0.39, 0.29) is 0 Å². The molecule has 0 spiro atoms. The third-order valence-corrected chi connectivity index (χ3v) is 3.76. The molecule has 0 fully saturated rings. The highest BCUT2D eigenvalue weighted by atomic mass is 15.1. The van der Waals surface area contributed by atoms with E-state index in [1.54, 1.807) is 0 Å². The van der Waals surface area contributed by atoms with Crippen LogP contribution in [0.4, 0.5) is 5.69 Å². The summed E-state index contributed by atoms with van der Waals surface area (Å²) in [7, 11) is 4.24. The largest absolute Gasteiger partial charge is 0.377 e. The predicted molar refractivity (Wildman–Crippen MR) is 84.2 cm³/mol. The fraction of sp³-hybridized carbons (Fsp3) is 0.333. The first-order chi connectivity index (χ1) is 9.00. The first-order valence-electron chi connectivity index (χ1n) is 6.81. The van der Waals surface area contributed by atoms with Gasteiger partial charge < -0.3 is 4.90 Å². The molecule has 1 heteroatoms. The molecule has 2 aromatic carbocycles. The number of rotatable bonds is 3. The average Bonchev–Trinajstić information content (AvgIpc) is 2.35. The van der Waals surface area contributed by atoms with Gasteiger partial charge >= 0.3 is 0 Å². The Morgan fingerprint density at radius 3 is 2.11 bits per heavy atom. The van der Waals surface area contributed by atoms with E-state index in [0.29, 0.717) is 0 Å². The third-order valence-electron chi connectivity index (χ3n) is 3.76. The molecular formula is C18H23N. The lowest BCUT2D eigenvalue weighted by molar-refractivity contribution is 1.05. The van der Waals surface area contributed by atoms with E-state index in [4.69, 9.17) is 0 Å². The molecule has 19 heavy (non-hydrogen) atoms. The lowest BCUT2D eigenvalue weighted by atomic mass is 9.92. The van der Waals surface area contributed by atoms with Gasteiger partial charge in [0.1, 0.15) is 0 Å². The van der Waals surface area contributed by atoms with Crippen LogP contribution in [0.1, 0.15) is 27.8 Å². The molecule has 0 aliphatic carbocycles. The fourth-order valence-electron chi connectivity index (χ4n) is 2.97. The zero-order valence-corrected chi connectivity index (χ0v) is 12.6. The first kappa shape index (κ1) is 13.7. The van der Waals surface area contributed by atoms with Crippen LogP contribution in [0.3, 0.4) is 0 Å². The van der Waals surface area contributed by atoms with Crippen LogP contribution in [0.2, 0.25) is 0 Å². The van der Waals surface area contributed by atoms with Crippen LogP contribution in [0, 0.1) is 20.8 Å². The molecule has 100 valence electrons. The minimum absolute atomic E-state index is 1.01. The Kier molecular flexibility index (Phi) is 3.94. The second-order valence-electron chi connectivity index (χ2n) is 5.52. The quantitative estimate of drug-likeness (QED) is 0.789. The lowest BCUT2D eigenvalue weighted by Crippen LogP contribution is -2.14. The second-order valence-corrected chi connectivity index (χ2v) is 5.52. The molecule has 0 radical (unpaired) electrons. The molecule has 0 saturated carbocycles. The lowest BCUT2D eigenvalue weighted by Gasteiger charge is -2.23. The van der Waals surface area contributed by atoms with Gasteiger partial charge in [-0.2, -0.15) is 0 Å². The number of benzene rings is 2. The van der Waals surface area contributed by atoms with Crippen molar-refractivity contribution < 1.29 is 0 Å². The fourth-order valence-corrected chi connectivity index (χ4v) is 2.97. The minimum atomic E-state index is 1.01. The van der Waals surface area contributed by atoms with Crippen molar-refractivity contribution in [2.75, 3.05) is 19.0 Å². The molecule has 1 nitrogen and oxygen atoms in total. The van der Waals surface area contributed by atoms with E-state index >= 15 is 0 Å². The summed E-state index contributed by atoms with van der Waals surface area (Å²) in [6, 6.07) is 13.0. The Bertz CT molecular complexity index is 568. The van der Waals surface area contributed by atoms with Gasteiger partial charge in [0.25, 0.3) is 0 Å².